The molecular formula is C16H18N2O. The third-order valence-electron chi connectivity index (χ3n) is 2.94. The van der Waals surface area contributed by atoms with Crippen LogP contribution in [-0.2, 0) is 6.42 Å². The zero-order chi connectivity index (χ0) is 13.7. The Morgan fingerprint density at radius 1 is 1.11 bits per heavy atom. The molecule has 1 atom stereocenters. The molecule has 0 spiro atoms. The zero-order valence-electron chi connectivity index (χ0n) is 11.0. The highest BCUT2D eigenvalue weighted by Crippen LogP contribution is 2.08. The number of benzene rings is 2. The van der Waals surface area contributed by atoms with Crippen LogP contribution in [-0.4, -0.2) is 11.9 Å². The van der Waals surface area contributed by atoms with Crippen molar-refractivity contribution in [3.8, 4) is 0 Å². The molecule has 0 aliphatic carbocycles. The summed E-state index contributed by atoms with van der Waals surface area (Å²) in [5.41, 5.74) is 8.25. The van der Waals surface area contributed by atoms with Crippen molar-refractivity contribution in [3.63, 3.8) is 0 Å². The van der Waals surface area contributed by atoms with Gasteiger partial charge in [0.05, 0.1) is 0 Å². The highest BCUT2D eigenvalue weighted by atomic mass is 16.1. The summed E-state index contributed by atoms with van der Waals surface area (Å²) in [6, 6.07) is 17.0. The molecule has 2 rings (SSSR count). The van der Waals surface area contributed by atoms with Crippen molar-refractivity contribution in [2.24, 2.45) is 0 Å². The van der Waals surface area contributed by atoms with Gasteiger partial charge in [-0.1, -0.05) is 30.3 Å². The average molecular weight is 254 g/mol. The van der Waals surface area contributed by atoms with Crippen molar-refractivity contribution >= 4 is 11.6 Å². The number of nitrogens with one attached hydrogen (secondary N) is 1. The monoisotopic (exact) mass is 254 g/mol. The lowest BCUT2D eigenvalue weighted by Gasteiger charge is -2.14. The van der Waals surface area contributed by atoms with E-state index in [1.165, 1.54) is 0 Å². The van der Waals surface area contributed by atoms with Crippen LogP contribution in [0.4, 0.5) is 5.69 Å². The lowest BCUT2D eigenvalue weighted by molar-refractivity contribution is 0.0940. The van der Waals surface area contributed by atoms with Gasteiger partial charge in [0, 0.05) is 17.3 Å². The Labute approximate surface area is 113 Å². The van der Waals surface area contributed by atoms with Gasteiger partial charge in [0.1, 0.15) is 0 Å². The van der Waals surface area contributed by atoms with Gasteiger partial charge in [0.25, 0.3) is 5.91 Å². The van der Waals surface area contributed by atoms with Crippen molar-refractivity contribution in [2.75, 3.05) is 5.73 Å². The van der Waals surface area contributed by atoms with Gasteiger partial charge in [-0.3, -0.25) is 4.79 Å². The molecule has 0 aliphatic rings. The smallest absolute Gasteiger partial charge is 0.251 e. The molecule has 0 aliphatic heterocycles. The molecule has 98 valence electrons. The second-order valence-electron chi connectivity index (χ2n) is 4.69. The fraction of sp³-hybridized carbons (Fsp3) is 0.188. The second kappa shape index (κ2) is 6.05. The number of hydrogen-bond acceptors (Lipinski definition) is 2. The Morgan fingerprint density at radius 3 is 2.37 bits per heavy atom. The van der Waals surface area contributed by atoms with E-state index in [1.54, 1.807) is 0 Å². The van der Waals surface area contributed by atoms with Gasteiger partial charge in [-0.05, 0) is 43.2 Å². The molecule has 0 radical (unpaired) electrons. The molecule has 3 heteroatoms. The molecule has 0 bridgehead atoms. The highest BCUT2D eigenvalue weighted by Gasteiger charge is 2.09. The third-order valence-corrected chi connectivity index (χ3v) is 2.94. The van der Waals surface area contributed by atoms with E-state index in [0.717, 1.165) is 17.7 Å². The summed E-state index contributed by atoms with van der Waals surface area (Å²) in [7, 11) is 0. The van der Waals surface area contributed by atoms with E-state index in [0.29, 0.717) is 5.56 Å². The molecule has 0 saturated heterocycles. The first-order valence-electron chi connectivity index (χ1n) is 6.35. The first-order valence-corrected chi connectivity index (χ1v) is 6.35. The molecule has 0 aromatic heterocycles. The first-order chi connectivity index (χ1) is 9.15. The summed E-state index contributed by atoms with van der Waals surface area (Å²) in [6.45, 7) is 2.00. The number of hydrogen-bond donors (Lipinski definition) is 2. The molecular weight excluding hydrogens is 236 g/mol. The molecule has 2 aromatic carbocycles. The Hall–Kier alpha value is -2.29. The van der Waals surface area contributed by atoms with Crippen LogP contribution in [0.25, 0.3) is 0 Å². The predicted octanol–water partition coefficient (Wildman–Crippen LogP) is 2.63. The molecule has 0 fully saturated rings. The number of rotatable bonds is 4. The number of carbonyl (C=O) groups is 1. The van der Waals surface area contributed by atoms with Gasteiger partial charge >= 0.3 is 0 Å². The molecule has 1 unspecified atom stereocenters. The zero-order valence-corrected chi connectivity index (χ0v) is 11.0. The van der Waals surface area contributed by atoms with Crippen LogP contribution in [0.15, 0.2) is 54.6 Å². The predicted molar refractivity (Wildman–Crippen MR) is 77.9 cm³/mol. The van der Waals surface area contributed by atoms with Crippen molar-refractivity contribution in [3.05, 3.63) is 65.7 Å². The number of carbonyl (C=O) groups excluding carboxylic acids is 1. The average Bonchev–Trinajstić information content (AvgIpc) is 2.42. The number of nitrogen functional groups attached to an aromatic ring is 1. The maximum atomic E-state index is 12.0. The van der Waals surface area contributed by atoms with Crippen LogP contribution in [0.1, 0.15) is 22.8 Å². The van der Waals surface area contributed by atoms with Gasteiger partial charge in [-0.15, -0.1) is 0 Å². The van der Waals surface area contributed by atoms with Crippen LogP contribution in [0.5, 0.6) is 0 Å². The van der Waals surface area contributed by atoms with E-state index in [9.17, 15) is 4.79 Å². The van der Waals surface area contributed by atoms with Crippen molar-refractivity contribution < 1.29 is 4.79 Å². The quantitative estimate of drug-likeness (QED) is 0.824. The molecule has 2 aromatic rings. The van der Waals surface area contributed by atoms with Gasteiger partial charge < -0.3 is 11.1 Å². The molecule has 3 N–H and O–H groups in total. The normalized spacial score (nSPS) is 11.8. The fourth-order valence-electron chi connectivity index (χ4n) is 1.95. The lowest BCUT2D eigenvalue weighted by Crippen LogP contribution is -2.34. The molecule has 0 saturated carbocycles. The summed E-state index contributed by atoms with van der Waals surface area (Å²) in [5, 5.41) is 2.99. The minimum Gasteiger partial charge on any atom is -0.399 e. The molecule has 1 amide bonds. The first kappa shape index (κ1) is 13.1. The Morgan fingerprint density at radius 2 is 1.74 bits per heavy atom. The van der Waals surface area contributed by atoms with Crippen LogP contribution in [0.3, 0.4) is 0 Å². The Balaban J connectivity index is 1.92. The highest BCUT2D eigenvalue weighted by molar-refractivity contribution is 5.94. The second-order valence-corrected chi connectivity index (χ2v) is 4.69. The van der Waals surface area contributed by atoms with Gasteiger partial charge in [-0.2, -0.15) is 0 Å². The standard InChI is InChI=1S/C16H18N2O/c1-12(11-13-7-9-15(17)10-8-13)18-16(19)14-5-3-2-4-6-14/h2-10,12H,11,17H2,1H3,(H,18,19). The van der Waals surface area contributed by atoms with E-state index in [2.05, 4.69) is 5.32 Å². The van der Waals surface area contributed by atoms with Crippen molar-refractivity contribution in [1.29, 1.82) is 0 Å². The molecule has 3 nitrogen and oxygen atoms in total. The third kappa shape index (κ3) is 3.85. The lowest BCUT2D eigenvalue weighted by atomic mass is 10.1. The van der Waals surface area contributed by atoms with E-state index in [4.69, 9.17) is 5.73 Å². The number of nitrogens with two attached hydrogens (primary N) is 1. The fourth-order valence-corrected chi connectivity index (χ4v) is 1.95. The van der Waals surface area contributed by atoms with Crippen LogP contribution in [0.2, 0.25) is 0 Å². The van der Waals surface area contributed by atoms with E-state index in [-0.39, 0.29) is 11.9 Å². The maximum Gasteiger partial charge on any atom is 0.251 e. The SMILES string of the molecule is CC(Cc1ccc(N)cc1)NC(=O)c1ccccc1. The van der Waals surface area contributed by atoms with Crippen molar-refractivity contribution in [1.82, 2.24) is 5.32 Å². The van der Waals surface area contributed by atoms with Crippen LogP contribution >= 0.6 is 0 Å². The minimum atomic E-state index is -0.0384. The molecule has 19 heavy (non-hydrogen) atoms. The number of amides is 1. The Kier molecular flexibility index (Phi) is 4.18. The molecule has 0 heterocycles. The van der Waals surface area contributed by atoms with E-state index in [1.807, 2.05) is 61.5 Å². The van der Waals surface area contributed by atoms with Gasteiger partial charge in [0.15, 0.2) is 0 Å². The largest absolute Gasteiger partial charge is 0.399 e. The summed E-state index contributed by atoms with van der Waals surface area (Å²) in [4.78, 5) is 12.0. The summed E-state index contributed by atoms with van der Waals surface area (Å²) >= 11 is 0. The van der Waals surface area contributed by atoms with Crippen molar-refractivity contribution in [2.45, 2.75) is 19.4 Å². The van der Waals surface area contributed by atoms with Crippen LogP contribution in [0, 0.1) is 0 Å². The summed E-state index contributed by atoms with van der Waals surface area (Å²) in [6.07, 6.45) is 0.791. The summed E-state index contributed by atoms with van der Waals surface area (Å²) < 4.78 is 0. The topological polar surface area (TPSA) is 55.1 Å². The van der Waals surface area contributed by atoms with Crippen LogP contribution < -0.4 is 11.1 Å². The minimum absolute atomic E-state index is 0.0384. The van der Waals surface area contributed by atoms with E-state index >= 15 is 0 Å². The summed E-state index contributed by atoms with van der Waals surface area (Å²) in [5.74, 6) is -0.0384. The van der Waals surface area contributed by atoms with E-state index < -0.39 is 0 Å². The number of anilines is 1. The van der Waals surface area contributed by atoms with Gasteiger partial charge in [0.2, 0.25) is 0 Å². The van der Waals surface area contributed by atoms with Gasteiger partial charge in [-0.25, -0.2) is 0 Å². The Bertz CT molecular complexity index is 534. The maximum absolute atomic E-state index is 12.0.